The van der Waals surface area contributed by atoms with Crippen molar-refractivity contribution < 1.29 is 5.11 Å². The summed E-state index contributed by atoms with van der Waals surface area (Å²) in [5, 5.41) is 9.75. The maximum absolute atomic E-state index is 9.75. The lowest BCUT2D eigenvalue weighted by Crippen LogP contribution is -1.93. The summed E-state index contributed by atoms with van der Waals surface area (Å²) in [5.74, 6) is 2.55. The van der Waals surface area contributed by atoms with Gasteiger partial charge in [-0.05, 0) is 34.8 Å². The summed E-state index contributed by atoms with van der Waals surface area (Å²) < 4.78 is 1.52. The van der Waals surface area contributed by atoms with E-state index in [0.717, 1.165) is 15.8 Å². The molecule has 0 radical (unpaired) electrons. The summed E-state index contributed by atoms with van der Waals surface area (Å²) in [4.78, 5) is 0.888. The zero-order valence-electron chi connectivity index (χ0n) is 7.46. The Morgan fingerprint density at radius 1 is 1.71 bits per heavy atom. The minimum Gasteiger partial charge on any atom is -0.388 e. The van der Waals surface area contributed by atoms with Crippen molar-refractivity contribution in [1.29, 1.82) is 0 Å². The van der Waals surface area contributed by atoms with Crippen molar-refractivity contribution in [2.75, 3.05) is 0 Å². The normalized spacial score (nSPS) is 12.4. The molecule has 0 bridgehead atoms. The number of unbranched alkanes of at least 4 members (excludes halogenated alkanes) is 1. The van der Waals surface area contributed by atoms with Crippen molar-refractivity contribution in [3.05, 3.63) is 19.8 Å². The highest BCUT2D eigenvalue weighted by molar-refractivity contribution is 9.10. The topological polar surface area (TPSA) is 20.2 Å². The predicted octanol–water partition coefficient (Wildman–Crippen LogP) is 4.00. The average molecular weight is 294 g/mol. The average Bonchev–Trinajstić information content (AvgIpc) is 2.47. The van der Waals surface area contributed by atoms with E-state index in [-0.39, 0.29) is 0 Å². The third kappa shape index (κ3) is 3.29. The largest absolute Gasteiger partial charge is 0.388 e. The molecule has 14 heavy (non-hydrogen) atoms. The van der Waals surface area contributed by atoms with Gasteiger partial charge in [0.2, 0.25) is 0 Å². The fraction of sp³-hybridized carbons (Fsp3) is 0.400. The number of thiophene rings is 1. The summed E-state index contributed by atoms with van der Waals surface area (Å²) in [7, 11) is 0. The van der Waals surface area contributed by atoms with Gasteiger partial charge in [-0.2, -0.15) is 0 Å². The molecule has 0 aliphatic rings. The molecule has 1 heterocycles. The number of rotatable bonds is 4. The first-order valence-electron chi connectivity index (χ1n) is 4.21. The van der Waals surface area contributed by atoms with E-state index in [9.17, 15) is 5.11 Å². The minimum absolute atomic E-state index is 0.447. The van der Waals surface area contributed by atoms with E-state index in [2.05, 4.69) is 21.9 Å². The third-order valence-electron chi connectivity index (χ3n) is 1.79. The van der Waals surface area contributed by atoms with Crippen molar-refractivity contribution in [2.45, 2.75) is 25.4 Å². The lowest BCUT2D eigenvalue weighted by molar-refractivity contribution is 0.169. The number of halogens is 2. The number of aliphatic hydroxyl groups excluding tert-OH is 1. The van der Waals surface area contributed by atoms with Gasteiger partial charge in [-0.25, -0.2) is 0 Å². The molecule has 1 unspecified atom stereocenters. The van der Waals surface area contributed by atoms with Crippen LogP contribution in [0.3, 0.4) is 0 Å². The number of terminal acetylenes is 1. The zero-order chi connectivity index (χ0) is 10.6. The molecule has 0 aromatic carbocycles. The van der Waals surface area contributed by atoms with Crippen LogP contribution in [0.15, 0.2) is 10.5 Å². The standard InChI is InChI=1S/C10H10BrClOS/c1-2-3-4-5-8(13)9-6-7(11)10(12)14-9/h1,6,8,13H,3-5H2. The molecule has 0 spiro atoms. The third-order valence-corrected chi connectivity index (χ3v) is 4.37. The van der Waals surface area contributed by atoms with Gasteiger partial charge < -0.3 is 5.11 Å². The van der Waals surface area contributed by atoms with Crippen molar-refractivity contribution >= 4 is 38.9 Å². The monoisotopic (exact) mass is 292 g/mol. The lowest BCUT2D eigenvalue weighted by atomic mass is 10.1. The van der Waals surface area contributed by atoms with E-state index in [4.69, 9.17) is 18.0 Å². The second-order valence-electron chi connectivity index (χ2n) is 2.88. The summed E-state index contributed by atoms with van der Waals surface area (Å²) >= 11 is 10.6. The Kier molecular flexibility index (Phi) is 4.97. The Morgan fingerprint density at radius 2 is 2.43 bits per heavy atom. The van der Waals surface area contributed by atoms with Crippen molar-refractivity contribution in [3.63, 3.8) is 0 Å². The molecule has 1 atom stereocenters. The van der Waals surface area contributed by atoms with Crippen molar-refractivity contribution in [2.24, 2.45) is 0 Å². The number of aliphatic hydroxyl groups is 1. The Morgan fingerprint density at radius 3 is 2.93 bits per heavy atom. The Balaban J connectivity index is 2.52. The van der Waals surface area contributed by atoms with E-state index in [1.165, 1.54) is 11.3 Å². The molecule has 76 valence electrons. The molecule has 1 rings (SSSR count). The van der Waals surface area contributed by atoms with Gasteiger partial charge in [0.25, 0.3) is 0 Å². The summed E-state index contributed by atoms with van der Waals surface area (Å²) in [6.07, 6.45) is 6.91. The molecule has 4 heteroatoms. The highest BCUT2D eigenvalue weighted by atomic mass is 79.9. The van der Waals surface area contributed by atoms with Gasteiger partial charge in [0, 0.05) is 15.8 Å². The van der Waals surface area contributed by atoms with Gasteiger partial charge in [-0.15, -0.1) is 23.7 Å². The van der Waals surface area contributed by atoms with Crippen LogP contribution < -0.4 is 0 Å². The summed E-state index contributed by atoms with van der Waals surface area (Å²) in [5.41, 5.74) is 0. The molecule has 0 saturated carbocycles. The van der Waals surface area contributed by atoms with Crippen LogP contribution in [0.4, 0.5) is 0 Å². The second kappa shape index (κ2) is 5.77. The van der Waals surface area contributed by atoms with Crippen molar-refractivity contribution in [1.82, 2.24) is 0 Å². The number of hydrogen-bond acceptors (Lipinski definition) is 2. The quantitative estimate of drug-likeness (QED) is 0.657. The highest BCUT2D eigenvalue weighted by Gasteiger charge is 2.12. The van der Waals surface area contributed by atoms with Crippen LogP contribution in [0.5, 0.6) is 0 Å². The molecule has 1 nitrogen and oxygen atoms in total. The maximum atomic E-state index is 9.75. The SMILES string of the molecule is C#CCCCC(O)c1cc(Br)c(Cl)s1. The van der Waals surface area contributed by atoms with Crippen molar-refractivity contribution in [3.8, 4) is 12.3 Å². The van der Waals surface area contributed by atoms with Gasteiger partial charge in [0.1, 0.15) is 4.34 Å². The fourth-order valence-corrected chi connectivity index (χ4v) is 2.82. The van der Waals surface area contributed by atoms with Gasteiger partial charge in [-0.1, -0.05) is 11.6 Å². The summed E-state index contributed by atoms with van der Waals surface area (Å²) in [6.45, 7) is 0. The molecule has 1 aromatic heterocycles. The van der Waals surface area contributed by atoms with E-state index >= 15 is 0 Å². The Labute approximate surface area is 101 Å². The highest BCUT2D eigenvalue weighted by Crippen LogP contribution is 2.36. The molecule has 0 aliphatic heterocycles. The zero-order valence-corrected chi connectivity index (χ0v) is 10.6. The van der Waals surface area contributed by atoms with Crippen LogP contribution in [-0.2, 0) is 0 Å². The smallest absolute Gasteiger partial charge is 0.107 e. The van der Waals surface area contributed by atoms with Gasteiger partial charge >= 0.3 is 0 Å². The first-order chi connectivity index (χ1) is 6.65. The van der Waals surface area contributed by atoms with E-state index in [1.807, 2.05) is 6.07 Å². The second-order valence-corrected chi connectivity index (χ2v) is 5.42. The van der Waals surface area contributed by atoms with Crippen LogP contribution in [0.25, 0.3) is 0 Å². The predicted molar refractivity (Wildman–Crippen MR) is 64.7 cm³/mol. The minimum atomic E-state index is -0.447. The Bertz CT molecular complexity index is 323. The molecular formula is C10H10BrClOS. The molecular weight excluding hydrogens is 284 g/mol. The van der Waals surface area contributed by atoms with Crippen LogP contribution in [-0.4, -0.2) is 5.11 Å². The van der Waals surface area contributed by atoms with Gasteiger partial charge in [0.05, 0.1) is 6.10 Å². The molecule has 0 fully saturated rings. The van der Waals surface area contributed by atoms with Crippen LogP contribution in [0, 0.1) is 12.3 Å². The van der Waals surface area contributed by atoms with Crippen LogP contribution in [0.2, 0.25) is 4.34 Å². The van der Waals surface area contributed by atoms with Gasteiger partial charge in [-0.3, -0.25) is 0 Å². The maximum Gasteiger partial charge on any atom is 0.107 e. The van der Waals surface area contributed by atoms with E-state index in [1.54, 1.807) is 0 Å². The van der Waals surface area contributed by atoms with Crippen LogP contribution >= 0.6 is 38.9 Å². The van der Waals surface area contributed by atoms with E-state index in [0.29, 0.717) is 17.2 Å². The molecule has 0 aliphatic carbocycles. The van der Waals surface area contributed by atoms with Crippen LogP contribution in [0.1, 0.15) is 30.2 Å². The molecule has 0 saturated heterocycles. The Hall–Kier alpha value is -0.0100. The van der Waals surface area contributed by atoms with Gasteiger partial charge in [0.15, 0.2) is 0 Å². The summed E-state index contributed by atoms with van der Waals surface area (Å²) in [6, 6.07) is 1.85. The first-order valence-corrected chi connectivity index (χ1v) is 6.20. The lowest BCUT2D eigenvalue weighted by Gasteiger charge is -2.05. The number of hydrogen-bond donors (Lipinski definition) is 1. The first kappa shape index (κ1) is 12.1. The van der Waals surface area contributed by atoms with E-state index < -0.39 is 6.10 Å². The fourth-order valence-electron chi connectivity index (χ4n) is 1.07. The molecule has 0 amide bonds. The molecule has 1 N–H and O–H groups in total. The molecule has 1 aromatic rings.